The van der Waals surface area contributed by atoms with Crippen molar-refractivity contribution in [1.29, 1.82) is 0 Å². The van der Waals surface area contributed by atoms with Crippen LogP contribution in [0.15, 0.2) is 0 Å². The van der Waals surface area contributed by atoms with E-state index < -0.39 is 0 Å². The van der Waals surface area contributed by atoms with E-state index in [0.29, 0.717) is 25.3 Å². The molecule has 0 saturated carbocycles. The zero-order valence-corrected chi connectivity index (χ0v) is 13.2. The summed E-state index contributed by atoms with van der Waals surface area (Å²) in [7, 11) is 1.72. The number of methoxy groups -OCH3 is 1. The molecule has 0 aromatic heterocycles. The third kappa shape index (κ3) is 4.99. The van der Waals surface area contributed by atoms with E-state index in [0.717, 1.165) is 51.9 Å². The molecular formula is C16H28N2O3. The largest absolute Gasteiger partial charge is 0.385 e. The summed E-state index contributed by atoms with van der Waals surface area (Å²) >= 11 is 0. The molecule has 0 aromatic rings. The van der Waals surface area contributed by atoms with Crippen LogP contribution in [0.3, 0.4) is 0 Å². The highest BCUT2D eigenvalue weighted by atomic mass is 16.5. The summed E-state index contributed by atoms with van der Waals surface area (Å²) in [6.45, 7) is 3.92. The van der Waals surface area contributed by atoms with E-state index in [1.807, 2.05) is 9.80 Å². The van der Waals surface area contributed by atoms with Gasteiger partial charge in [0.1, 0.15) is 0 Å². The Kier molecular flexibility index (Phi) is 6.49. The van der Waals surface area contributed by atoms with Crippen LogP contribution in [-0.4, -0.2) is 61.5 Å². The highest BCUT2D eigenvalue weighted by molar-refractivity contribution is 5.79. The second kappa shape index (κ2) is 8.37. The first-order chi connectivity index (χ1) is 10.2. The van der Waals surface area contributed by atoms with Gasteiger partial charge in [-0.3, -0.25) is 9.59 Å². The molecule has 2 rings (SSSR count). The van der Waals surface area contributed by atoms with Crippen molar-refractivity contribution >= 4 is 11.8 Å². The third-order valence-electron chi connectivity index (χ3n) is 4.62. The van der Waals surface area contributed by atoms with Crippen LogP contribution in [0.4, 0.5) is 0 Å². The fourth-order valence-corrected chi connectivity index (χ4v) is 3.30. The lowest BCUT2D eigenvalue weighted by Gasteiger charge is -2.34. The molecule has 2 aliphatic rings. The predicted molar refractivity (Wildman–Crippen MR) is 80.8 cm³/mol. The molecule has 0 spiro atoms. The van der Waals surface area contributed by atoms with Gasteiger partial charge in [-0.15, -0.1) is 0 Å². The quantitative estimate of drug-likeness (QED) is 0.749. The molecule has 5 nitrogen and oxygen atoms in total. The van der Waals surface area contributed by atoms with Gasteiger partial charge in [-0.05, 0) is 38.0 Å². The molecule has 0 aromatic carbocycles. The molecule has 0 N–H and O–H groups in total. The lowest BCUT2D eigenvalue weighted by molar-refractivity contribution is -0.136. The number of hydrogen-bond donors (Lipinski definition) is 0. The Balaban J connectivity index is 1.73. The Morgan fingerprint density at radius 1 is 1.29 bits per heavy atom. The minimum Gasteiger partial charge on any atom is -0.385 e. The van der Waals surface area contributed by atoms with Crippen LogP contribution >= 0.6 is 0 Å². The standard InChI is InChI=1S/C16H28N2O3/c1-21-12-8-14-5-4-10-18(13-14)16(20)7-11-17-9-3-2-6-15(17)19/h14H,2-13H2,1H3/t14-/m1/s1. The molecule has 5 heteroatoms. The first kappa shape index (κ1) is 16.3. The van der Waals surface area contributed by atoms with E-state index >= 15 is 0 Å². The van der Waals surface area contributed by atoms with Gasteiger partial charge in [-0.2, -0.15) is 0 Å². The number of piperidine rings is 2. The first-order valence-electron chi connectivity index (χ1n) is 8.25. The molecule has 0 bridgehead atoms. The smallest absolute Gasteiger partial charge is 0.224 e. The summed E-state index contributed by atoms with van der Waals surface area (Å²) < 4.78 is 5.13. The third-order valence-corrected chi connectivity index (χ3v) is 4.62. The number of nitrogens with zero attached hydrogens (tertiary/aromatic N) is 2. The Labute approximate surface area is 127 Å². The molecule has 1 atom stereocenters. The molecule has 2 aliphatic heterocycles. The van der Waals surface area contributed by atoms with Crippen molar-refractivity contribution in [1.82, 2.24) is 9.80 Å². The van der Waals surface area contributed by atoms with Crippen molar-refractivity contribution in [3.8, 4) is 0 Å². The van der Waals surface area contributed by atoms with Crippen LogP contribution in [0.2, 0.25) is 0 Å². The fourth-order valence-electron chi connectivity index (χ4n) is 3.30. The summed E-state index contributed by atoms with van der Waals surface area (Å²) in [5.41, 5.74) is 0. The Morgan fingerprint density at radius 3 is 2.90 bits per heavy atom. The van der Waals surface area contributed by atoms with Gasteiger partial charge in [0, 0.05) is 52.7 Å². The number of amides is 2. The van der Waals surface area contributed by atoms with Crippen LogP contribution in [0.5, 0.6) is 0 Å². The lowest BCUT2D eigenvalue weighted by Crippen LogP contribution is -2.43. The van der Waals surface area contributed by atoms with Gasteiger partial charge in [0.2, 0.25) is 11.8 Å². The number of carbonyl (C=O) groups is 2. The number of likely N-dealkylation sites (tertiary alicyclic amines) is 2. The highest BCUT2D eigenvalue weighted by Gasteiger charge is 2.24. The molecule has 2 fully saturated rings. The average molecular weight is 296 g/mol. The van der Waals surface area contributed by atoms with Crippen molar-refractivity contribution in [3.63, 3.8) is 0 Å². The second-order valence-corrected chi connectivity index (χ2v) is 6.22. The van der Waals surface area contributed by atoms with E-state index in [2.05, 4.69) is 0 Å². The van der Waals surface area contributed by atoms with Crippen LogP contribution in [0, 0.1) is 5.92 Å². The molecule has 0 radical (unpaired) electrons. The average Bonchev–Trinajstić information content (AvgIpc) is 2.52. The molecule has 0 aliphatic carbocycles. The molecule has 2 saturated heterocycles. The van der Waals surface area contributed by atoms with Crippen LogP contribution in [-0.2, 0) is 14.3 Å². The maximum Gasteiger partial charge on any atom is 0.224 e. The van der Waals surface area contributed by atoms with Gasteiger partial charge in [-0.1, -0.05) is 0 Å². The SMILES string of the molecule is COCC[C@H]1CCCN(C(=O)CCN2CCCCC2=O)C1. The molecule has 2 amide bonds. The lowest BCUT2D eigenvalue weighted by atomic mass is 9.95. The maximum absolute atomic E-state index is 12.3. The monoisotopic (exact) mass is 296 g/mol. The highest BCUT2D eigenvalue weighted by Crippen LogP contribution is 2.20. The van der Waals surface area contributed by atoms with Crippen molar-refractivity contribution in [2.24, 2.45) is 5.92 Å². The Hall–Kier alpha value is -1.10. The topological polar surface area (TPSA) is 49.9 Å². The Morgan fingerprint density at radius 2 is 2.14 bits per heavy atom. The van der Waals surface area contributed by atoms with Gasteiger partial charge in [0.25, 0.3) is 0 Å². The van der Waals surface area contributed by atoms with Gasteiger partial charge in [0.15, 0.2) is 0 Å². The van der Waals surface area contributed by atoms with E-state index in [4.69, 9.17) is 4.74 Å². The van der Waals surface area contributed by atoms with E-state index in [1.54, 1.807) is 7.11 Å². The summed E-state index contributed by atoms with van der Waals surface area (Å²) in [4.78, 5) is 27.9. The Bertz CT molecular complexity index is 359. The van der Waals surface area contributed by atoms with Crippen molar-refractivity contribution < 1.29 is 14.3 Å². The van der Waals surface area contributed by atoms with Crippen molar-refractivity contribution in [3.05, 3.63) is 0 Å². The van der Waals surface area contributed by atoms with Gasteiger partial charge < -0.3 is 14.5 Å². The minimum absolute atomic E-state index is 0.204. The van der Waals surface area contributed by atoms with Gasteiger partial charge >= 0.3 is 0 Å². The maximum atomic E-state index is 12.3. The van der Waals surface area contributed by atoms with Crippen molar-refractivity contribution in [2.75, 3.05) is 39.9 Å². The van der Waals surface area contributed by atoms with Crippen LogP contribution in [0.1, 0.15) is 44.9 Å². The summed E-state index contributed by atoms with van der Waals surface area (Å²) in [6.07, 6.45) is 6.50. The first-order valence-corrected chi connectivity index (χ1v) is 8.25. The fraction of sp³-hybridized carbons (Fsp3) is 0.875. The van der Waals surface area contributed by atoms with Crippen LogP contribution < -0.4 is 0 Å². The zero-order valence-electron chi connectivity index (χ0n) is 13.2. The van der Waals surface area contributed by atoms with E-state index in [-0.39, 0.29) is 11.8 Å². The minimum atomic E-state index is 0.204. The molecule has 21 heavy (non-hydrogen) atoms. The van der Waals surface area contributed by atoms with E-state index in [9.17, 15) is 9.59 Å². The second-order valence-electron chi connectivity index (χ2n) is 6.22. The molecular weight excluding hydrogens is 268 g/mol. The summed E-state index contributed by atoms with van der Waals surface area (Å²) in [5.74, 6) is 0.987. The van der Waals surface area contributed by atoms with Crippen molar-refractivity contribution in [2.45, 2.75) is 44.9 Å². The zero-order chi connectivity index (χ0) is 15.1. The molecule has 120 valence electrons. The molecule has 0 unspecified atom stereocenters. The number of rotatable bonds is 6. The number of carbonyl (C=O) groups excluding carboxylic acids is 2. The normalized spacial score (nSPS) is 23.5. The van der Waals surface area contributed by atoms with E-state index in [1.165, 1.54) is 6.42 Å². The molecule has 2 heterocycles. The summed E-state index contributed by atoms with van der Waals surface area (Å²) in [6, 6.07) is 0. The number of ether oxygens (including phenoxy) is 1. The number of hydrogen-bond acceptors (Lipinski definition) is 3. The van der Waals surface area contributed by atoms with Crippen LogP contribution in [0.25, 0.3) is 0 Å². The predicted octanol–water partition coefficient (Wildman–Crippen LogP) is 1.66. The summed E-state index contributed by atoms with van der Waals surface area (Å²) in [5, 5.41) is 0. The van der Waals surface area contributed by atoms with Gasteiger partial charge in [0.05, 0.1) is 0 Å². The van der Waals surface area contributed by atoms with Gasteiger partial charge in [-0.25, -0.2) is 0 Å².